The highest BCUT2D eigenvalue weighted by Crippen LogP contribution is 2.40. The number of aryl methyl sites for hydroxylation is 4. The molecule has 0 unspecified atom stereocenters. The Morgan fingerprint density at radius 3 is 1.17 bits per heavy atom. The zero-order valence-electron chi connectivity index (χ0n) is 10.7. The van der Waals surface area contributed by atoms with Crippen molar-refractivity contribution in [3.63, 3.8) is 0 Å². The molecule has 0 nitrogen and oxygen atoms in total. The van der Waals surface area contributed by atoms with Gasteiger partial charge in [0.2, 0.25) is 0 Å². The van der Waals surface area contributed by atoms with Crippen molar-refractivity contribution in [3.05, 3.63) is 58.7 Å². The van der Waals surface area contributed by atoms with Crippen LogP contribution in [0.4, 0.5) is 0 Å². The van der Waals surface area contributed by atoms with E-state index in [2.05, 4.69) is 36.4 Å². The Bertz CT molecular complexity index is 507. The van der Waals surface area contributed by atoms with E-state index in [1.807, 2.05) is 0 Å². The SMILES string of the molecule is c1cc2c3c(c1)CCCc1cccc(c1-3)CCC2. The molecule has 2 aliphatic rings. The van der Waals surface area contributed by atoms with Crippen LogP contribution < -0.4 is 0 Å². The molecule has 2 aromatic carbocycles. The molecule has 0 radical (unpaired) electrons. The summed E-state index contributed by atoms with van der Waals surface area (Å²) in [6.45, 7) is 0. The molecular formula is C18H18. The smallest absolute Gasteiger partial charge is 0.0114 e. The average Bonchev–Trinajstić information content (AvgIpc) is 2.70. The lowest BCUT2D eigenvalue weighted by Gasteiger charge is -2.15. The molecule has 2 aliphatic carbocycles. The van der Waals surface area contributed by atoms with E-state index in [-0.39, 0.29) is 0 Å². The Labute approximate surface area is 109 Å². The van der Waals surface area contributed by atoms with Gasteiger partial charge in [-0.15, -0.1) is 0 Å². The van der Waals surface area contributed by atoms with Crippen LogP contribution in [0.3, 0.4) is 0 Å². The third-order valence-corrected chi connectivity index (χ3v) is 4.51. The fraction of sp³-hybridized carbons (Fsp3) is 0.333. The van der Waals surface area contributed by atoms with Gasteiger partial charge in [0.15, 0.2) is 0 Å². The minimum Gasteiger partial charge on any atom is -0.0617 e. The van der Waals surface area contributed by atoms with Crippen LogP contribution >= 0.6 is 0 Å². The van der Waals surface area contributed by atoms with E-state index < -0.39 is 0 Å². The van der Waals surface area contributed by atoms with Gasteiger partial charge in [-0.2, -0.15) is 0 Å². The fourth-order valence-corrected chi connectivity index (χ4v) is 3.72. The fourth-order valence-electron chi connectivity index (χ4n) is 3.72. The molecular weight excluding hydrogens is 216 g/mol. The molecule has 0 aromatic heterocycles. The van der Waals surface area contributed by atoms with Gasteiger partial charge in [0, 0.05) is 0 Å². The summed E-state index contributed by atoms with van der Waals surface area (Å²) in [4.78, 5) is 0. The first-order chi connectivity index (χ1) is 8.93. The largest absolute Gasteiger partial charge is 0.0617 e. The van der Waals surface area contributed by atoms with Gasteiger partial charge in [0.05, 0.1) is 0 Å². The van der Waals surface area contributed by atoms with Crippen molar-refractivity contribution in [2.24, 2.45) is 0 Å². The van der Waals surface area contributed by atoms with Crippen LogP contribution in [0.25, 0.3) is 11.1 Å². The second kappa shape index (κ2) is 3.98. The molecule has 0 bridgehead atoms. The van der Waals surface area contributed by atoms with E-state index in [0.29, 0.717) is 0 Å². The van der Waals surface area contributed by atoms with Crippen LogP contribution in [-0.4, -0.2) is 0 Å². The van der Waals surface area contributed by atoms with Crippen molar-refractivity contribution in [1.82, 2.24) is 0 Å². The Hall–Kier alpha value is -1.56. The maximum absolute atomic E-state index is 2.34. The molecule has 0 N–H and O–H groups in total. The van der Waals surface area contributed by atoms with Gasteiger partial charge >= 0.3 is 0 Å². The second-order valence-corrected chi connectivity index (χ2v) is 5.61. The first kappa shape index (κ1) is 10.4. The summed E-state index contributed by atoms with van der Waals surface area (Å²) in [5.74, 6) is 0. The van der Waals surface area contributed by atoms with E-state index >= 15 is 0 Å². The van der Waals surface area contributed by atoms with Gasteiger partial charge < -0.3 is 0 Å². The molecule has 90 valence electrons. The molecule has 0 amide bonds. The average molecular weight is 234 g/mol. The number of hydrogen-bond acceptors (Lipinski definition) is 0. The Morgan fingerprint density at radius 1 is 0.500 bits per heavy atom. The highest BCUT2D eigenvalue weighted by molar-refractivity contribution is 5.78. The topological polar surface area (TPSA) is 0 Å². The maximum Gasteiger partial charge on any atom is -0.0114 e. The second-order valence-electron chi connectivity index (χ2n) is 5.61. The normalized spacial score (nSPS) is 16.7. The number of rotatable bonds is 0. The Morgan fingerprint density at radius 2 is 0.833 bits per heavy atom. The van der Waals surface area contributed by atoms with Crippen molar-refractivity contribution in [3.8, 4) is 11.1 Å². The lowest BCUT2D eigenvalue weighted by atomic mass is 9.90. The van der Waals surface area contributed by atoms with E-state index in [0.717, 1.165) is 0 Å². The highest BCUT2D eigenvalue weighted by Gasteiger charge is 2.22. The highest BCUT2D eigenvalue weighted by atomic mass is 14.3. The van der Waals surface area contributed by atoms with Crippen molar-refractivity contribution in [1.29, 1.82) is 0 Å². The Kier molecular flexibility index (Phi) is 2.29. The van der Waals surface area contributed by atoms with Gasteiger partial charge in [-0.1, -0.05) is 36.4 Å². The molecule has 0 fully saturated rings. The van der Waals surface area contributed by atoms with Crippen LogP contribution in [-0.2, 0) is 25.7 Å². The van der Waals surface area contributed by atoms with Crippen LogP contribution in [0.1, 0.15) is 35.1 Å². The summed E-state index contributed by atoms with van der Waals surface area (Å²) in [6, 6.07) is 13.9. The summed E-state index contributed by atoms with van der Waals surface area (Å²) in [5, 5.41) is 0. The standard InChI is InChI=1S/C18H18/c1-5-13-9-3-11-15-7-2-8-16-12-4-10-14(6-1)17(13)18(15)16/h1-2,5-8H,3-4,9-12H2. The first-order valence-corrected chi connectivity index (χ1v) is 7.15. The van der Waals surface area contributed by atoms with Crippen molar-refractivity contribution >= 4 is 0 Å². The number of hydrogen-bond donors (Lipinski definition) is 0. The zero-order valence-corrected chi connectivity index (χ0v) is 10.7. The minimum atomic E-state index is 1.25. The molecule has 0 saturated heterocycles. The first-order valence-electron chi connectivity index (χ1n) is 7.15. The van der Waals surface area contributed by atoms with E-state index in [9.17, 15) is 0 Å². The van der Waals surface area contributed by atoms with E-state index in [4.69, 9.17) is 0 Å². The van der Waals surface area contributed by atoms with Crippen molar-refractivity contribution in [2.45, 2.75) is 38.5 Å². The molecule has 0 aliphatic heterocycles. The van der Waals surface area contributed by atoms with Crippen LogP contribution in [0.15, 0.2) is 36.4 Å². The monoisotopic (exact) mass is 234 g/mol. The molecule has 18 heavy (non-hydrogen) atoms. The van der Waals surface area contributed by atoms with Crippen LogP contribution in [0.5, 0.6) is 0 Å². The molecule has 0 heterocycles. The third kappa shape index (κ3) is 1.45. The summed E-state index contributed by atoms with van der Waals surface area (Å²) in [5.41, 5.74) is 9.53. The zero-order chi connectivity index (χ0) is 11.9. The Balaban J connectivity index is 2.12. The predicted octanol–water partition coefficient (Wildman–Crippen LogP) is 4.33. The maximum atomic E-state index is 2.34. The molecule has 4 rings (SSSR count). The van der Waals surface area contributed by atoms with E-state index in [1.54, 1.807) is 33.4 Å². The van der Waals surface area contributed by atoms with Crippen molar-refractivity contribution < 1.29 is 0 Å². The van der Waals surface area contributed by atoms with Crippen molar-refractivity contribution in [2.75, 3.05) is 0 Å². The van der Waals surface area contributed by atoms with Gasteiger partial charge in [-0.25, -0.2) is 0 Å². The van der Waals surface area contributed by atoms with Gasteiger partial charge in [0.1, 0.15) is 0 Å². The lowest BCUT2D eigenvalue weighted by Crippen LogP contribution is -1.94. The lowest BCUT2D eigenvalue weighted by molar-refractivity contribution is 0.814. The van der Waals surface area contributed by atoms with Crippen LogP contribution in [0.2, 0.25) is 0 Å². The van der Waals surface area contributed by atoms with Crippen LogP contribution in [0, 0.1) is 0 Å². The van der Waals surface area contributed by atoms with Gasteiger partial charge in [0.25, 0.3) is 0 Å². The predicted molar refractivity (Wildman–Crippen MR) is 75.9 cm³/mol. The van der Waals surface area contributed by atoms with Gasteiger partial charge in [-0.05, 0) is 71.9 Å². The molecule has 2 aromatic rings. The van der Waals surface area contributed by atoms with E-state index in [1.165, 1.54) is 38.5 Å². The molecule has 0 saturated carbocycles. The minimum absolute atomic E-state index is 1.25. The molecule has 0 atom stereocenters. The summed E-state index contributed by atoms with van der Waals surface area (Å²) in [6.07, 6.45) is 7.59. The summed E-state index contributed by atoms with van der Waals surface area (Å²) < 4.78 is 0. The molecule has 0 spiro atoms. The quantitative estimate of drug-likeness (QED) is 0.636. The third-order valence-electron chi connectivity index (χ3n) is 4.51. The van der Waals surface area contributed by atoms with Gasteiger partial charge in [-0.3, -0.25) is 0 Å². The summed E-state index contributed by atoms with van der Waals surface area (Å²) >= 11 is 0. The number of benzene rings is 2. The summed E-state index contributed by atoms with van der Waals surface area (Å²) in [7, 11) is 0. The molecule has 0 heteroatoms.